The lowest BCUT2D eigenvalue weighted by Crippen LogP contribution is -2.02. The summed E-state index contributed by atoms with van der Waals surface area (Å²) in [5, 5.41) is 8.61. The molecule has 0 fully saturated rings. The lowest BCUT2D eigenvalue weighted by Gasteiger charge is -2.16. The molecule has 0 amide bonds. The Balaban J connectivity index is 1.26. The van der Waals surface area contributed by atoms with Gasteiger partial charge in [-0.05, 0) is 56.9 Å². The third-order valence-corrected chi connectivity index (χ3v) is 10.2. The van der Waals surface area contributed by atoms with Crippen LogP contribution in [-0.4, -0.2) is 15.0 Å². The maximum atomic E-state index is 6.53. The number of fused-ring (bicyclic) bond motifs is 8. The fraction of sp³-hybridized carbons (Fsp3) is 0. The molecule has 0 bridgehead atoms. The highest BCUT2D eigenvalue weighted by Gasteiger charge is 2.23. The van der Waals surface area contributed by atoms with Crippen molar-refractivity contribution in [3.8, 4) is 45.3 Å². The molecule has 0 atom stereocenters. The average Bonchev–Trinajstić information content (AvgIpc) is 3.79. The number of hydrogen-bond acceptors (Lipinski definition) is 5. The van der Waals surface area contributed by atoms with Crippen LogP contribution >= 0.6 is 0 Å². The number of hydrogen-bond donors (Lipinski definition) is 0. The Bertz CT molecular complexity index is 3070. The molecule has 3 aromatic heterocycles. The van der Waals surface area contributed by atoms with Crippen molar-refractivity contribution in [3.63, 3.8) is 0 Å². The molecule has 5 heteroatoms. The highest BCUT2D eigenvalue weighted by atomic mass is 16.3. The van der Waals surface area contributed by atoms with Crippen molar-refractivity contribution < 1.29 is 8.83 Å². The molecule has 0 radical (unpaired) electrons. The van der Waals surface area contributed by atoms with Gasteiger partial charge in [-0.15, -0.1) is 0 Å². The van der Waals surface area contributed by atoms with Crippen molar-refractivity contribution in [1.29, 1.82) is 0 Å². The lowest BCUT2D eigenvalue weighted by atomic mass is 9.90. The number of para-hydroxylation sites is 4. The van der Waals surface area contributed by atoms with Gasteiger partial charge >= 0.3 is 0 Å². The normalized spacial score (nSPS) is 11.8. The first-order valence-electron chi connectivity index (χ1n) is 17.4. The summed E-state index contributed by atoms with van der Waals surface area (Å²) < 4.78 is 13.1. The van der Waals surface area contributed by atoms with Gasteiger partial charge in [0.15, 0.2) is 17.5 Å². The minimum Gasteiger partial charge on any atom is -0.455 e. The zero-order valence-electron chi connectivity index (χ0n) is 27.7. The number of furan rings is 2. The summed E-state index contributed by atoms with van der Waals surface area (Å²) in [6.45, 7) is 0. The predicted molar refractivity (Wildman–Crippen MR) is 211 cm³/mol. The maximum Gasteiger partial charge on any atom is 0.167 e. The van der Waals surface area contributed by atoms with Crippen molar-refractivity contribution in [2.75, 3.05) is 0 Å². The van der Waals surface area contributed by atoms with Crippen molar-refractivity contribution in [3.05, 3.63) is 164 Å². The van der Waals surface area contributed by atoms with Gasteiger partial charge < -0.3 is 8.83 Å². The molecule has 242 valence electrons. The van der Waals surface area contributed by atoms with E-state index >= 15 is 0 Å². The van der Waals surface area contributed by atoms with E-state index in [1.807, 2.05) is 60.7 Å². The fourth-order valence-electron chi connectivity index (χ4n) is 7.77. The van der Waals surface area contributed by atoms with E-state index < -0.39 is 0 Å². The van der Waals surface area contributed by atoms with Gasteiger partial charge in [0.1, 0.15) is 22.3 Å². The predicted octanol–water partition coefficient (Wildman–Crippen LogP) is 12.6. The summed E-state index contributed by atoms with van der Waals surface area (Å²) >= 11 is 0. The Labute approximate surface area is 297 Å². The molecule has 11 aromatic rings. The first-order chi connectivity index (χ1) is 25.8. The molecule has 5 nitrogen and oxygen atoms in total. The molecule has 3 heterocycles. The Morgan fingerprint density at radius 2 is 0.731 bits per heavy atom. The third-order valence-electron chi connectivity index (χ3n) is 10.2. The highest BCUT2D eigenvalue weighted by molar-refractivity contribution is 6.12. The summed E-state index contributed by atoms with van der Waals surface area (Å²) in [6, 6.07) is 56.3. The molecule has 8 aromatic carbocycles. The Morgan fingerprint density at radius 1 is 0.288 bits per heavy atom. The molecular formula is C47H27N3O2. The van der Waals surface area contributed by atoms with Gasteiger partial charge in [0.25, 0.3) is 0 Å². The Kier molecular flexibility index (Phi) is 6.18. The molecule has 0 saturated carbocycles. The molecule has 52 heavy (non-hydrogen) atoms. The molecule has 0 spiro atoms. The Morgan fingerprint density at radius 3 is 1.37 bits per heavy atom. The van der Waals surface area contributed by atoms with E-state index in [0.29, 0.717) is 17.5 Å². The molecule has 0 aliphatic heterocycles. The van der Waals surface area contributed by atoms with E-state index in [2.05, 4.69) is 103 Å². The minimum atomic E-state index is 0.523. The zero-order chi connectivity index (χ0) is 34.2. The minimum absolute atomic E-state index is 0.523. The van der Waals surface area contributed by atoms with Gasteiger partial charge in [-0.25, -0.2) is 15.0 Å². The van der Waals surface area contributed by atoms with Gasteiger partial charge in [-0.3, -0.25) is 0 Å². The zero-order valence-corrected chi connectivity index (χ0v) is 27.7. The van der Waals surface area contributed by atoms with Crippen LogP contribution in [0.1, 0.15) is 0 Å². The second-order valence-corrected chi connectivity index (χ2v) is 13.1. The second-order valence-electron chi connectivity index (χ2n) is 13.1. The summed E-state index contributed by atoms with van der Waals surface area (Å²) in [6.07, 6.45) is 0. The van der Waals surface area contributed by atoms with Gasteiger partial charge in [0.2, 0.25) is 0 Å². The second kappa shape index (κ2) is 11.2. The molecule has 0 aliphatic carbocycles. The van der Waals surface area contributed by atoms with Crippen LogP contribution in [0.2, 0.25) is 0 Å². The van der Waals surface area contributed by atoms with Crippen LogP contribution < -0.4 is 0 Å². The topological polar surface area (TPSA) is 65.0 Å². The molecule has 0 unspecified atom stereocenters. The highest BCUT2D eigenvalue weighted by Crippen LogP contribution is 2.42. The summed E-state index contributed by atoms with van der Waals surface area (Å²) in [7, 11) is 0. The van der Waals surface area contributed by atoms with Crippen molar-refractivity contribution >= 4 is 65.4 Å². The molecule has 0 aliphatic rings. The number of aromatic nitrogens is 3. The van der Waals surface area contributed by atoms with Crippen LogP contribution in [-0.2, 0) is 0 Å². The summed E-state index contributed by atoms with van der Waals surface area (Å²) in [5.41, 5.74) is 7.79. The standard InChI is InChI=1S/C47H27N3O2/c1-3-15-30-28(12-1)14-9-19-32(30)35-27-26-29-13-2-4-16-31(29)42(35)47-49-45(38-22-10-20-36-33-17-5-7-24-40(33)51-43(36)38)48-46(50-47)39-23-11-21-37-34-18-6-8-25-41(34)52-44(37)39/h1-27H. The van der Waals surface area contributed by atoms with Gasteiger partial charge in [0.05, 0.1) is 11.1 Å². The van der Waals surface area contributed by atoms with Crippen LogP contribution in [0.5, 0.6) is 0 Å². The van der Waals surface area contributed by atoms with Gasteiger partial charge in [-0.1, -0.05) is 140 Å². The number of benzene rings is 8. The van der Waals surface area contributed by atoms with Crippen molar-refractivity contribution in [1.82, 2.24) is 15.0 Å². The fourth-order valence-corrected chi connectivity index (χ4v) is 7.77. The van der Waals surface area contributed by atoms with E-state index in [9.17, 15) is 0 Å². The quantitative estimate of drug-likeness (QED) is 0.187. The number of rotatable bonds is 4. The van der Waals surface area contributed by atoms with Gasteiger partial charge in [0, 0.05) is 27.1 Å². The van der Waals surface area contributed by atoms with Gasteiger partial charge in [-0.2, -0.15) is 0 Å². The van der Waals surface area contributed by atoms with Crippen LogP contribution in [0, 0.1) is 0 Å². The van der Waals surface area contributed by atoms with E-state index in [1.54, 1.807) is 0 Å². The van der Waals surface area contributed by atoms with E-state index in [1.165, 1.54) is 5.39 Å². The molecular weight excluding hydrogens is 639 g/mol. The third kappa shape index (κ3) is 4.33. The van der Waals surface area contributed by atoms with Crippen LogP contribution in [0.3, 0.4) is 0 Å². The SMILES string of the molecule is c1ccc2c(-c3ccc4ccccc4c3-c3nc(-c4cccc5c4oc4ccccc45)nc(-c4cccc5c4oc4ccccc45)n3)cccc2c1. The van der Waals surface area contributed by atoms with E-state index in [-0.39, 0.29) is 0 Å². The monoisotopic (exact) mass is 665 g/mol. The summed E-state index contributed by atoms with van der Waals surface area (Å²) in [5.74, 6) is 1.62. The van der Waals surface area contributed by atoms with E-state index in [0.717, 1.165) is 87.9 Å². The van der Waals surface area contributed by atoms with Crippen molar-refractivity contribution in [2.24, 2.45) is 0 Å². The smallest absolute Gasteiger partial charge is 0.167 e. The first-order valence-corrected chi connectivity index (χ1v) is 17.4. The summed E-state index contributed by atoms with van der Waals surface area (Å²) in [4.78, 5) is 15.9. The molecule has 0 N–H and O–H groups in total. The van der Waals surface area contributed by atoms with Crippen LogP contribution in [0.15, 0.2) is 173 Å². The Hall–Kier alpha value is -7.11. The lowest BCUT2D eigenvalue weighted by molar-refractivity contribution is 0.669. The van der Waals surface area contributed by atoms with Crippen molar-refractivity contribution in [2.45, 2.75) is 0 Å². The van der Waals surface area contributed by atoms with E-state index in [4.69, 9.17) is 23.8 Å². The molecule has 0 saturated heterocycles. The average molecular weight is 666 g/mol. The first kappa shape index (κ1) is 28.7. The molecule has 11 rings (SSSR count). The van der Waals surface area contributed by atoms with Crippen LogP contribution in [0.25, 0.3) is 111 Å². The largest absolute Gasteiger partial charge is 0.455 e. The number of nitrogens with zero attached hydrogens (tertiary/aromatic N) is 3. The maximum absolute atomic E-state index is 6.53. The van der Waals surface area contributed by atoms with Crippen LogP contribution in [0.4, 0.5) is 0 Å².